The SMILES string of the molecule is O=C1NC=NC2=NC(c3ccc([N+](=O)[O-])cc3)=NC12. The number of fused-ring (bicyclic) bond motifs is 1. The first-order valence-corrected chi connectivity index (χ1v) is 5.39. The Morgan fingerprint density at radius 2 is 2.00 bits per heavy atom. The number of hydrogen-bond donors (Lipinski definition) is 1. The number of nitrogens with one attached hydrogen (secondary N) is 1. The summed E-state index contributed by atoms with van der Waals surface area (Å²) in [4.78, 5) is 33.8. The smallest absolute Gasteiger partial charge is 0.269 e. The molecule has 2 aliphatic rings. The number of carbonyl (C=O) groups excluding carboxylic acids is 1. The van der Waals surface area contributed by atoms with Crippen LogP contribution < -0.4 is 5.32 Å². The van der Waals surface area contributed by atoms with Gasteiger partial charge in [0.25, 0.3) is 11.6 Å². The van der Waals surface area contributed by atoms with Gasteiger partial charge in [0, 0.05) is 17.7 Å². The summed E-state index contributed by atoms with van der Waals surface area (Å²) in [6.45, 7) is 0. The predicted molar refractivity (Wildman–Crippen MR) is 67.5 cm³/mol. The van der Waals surface area contributed by atoms with Gasteiger partial charge in [-0.3, -0.25) is 14.9 Å². The molecular weight excluding hydrogens is 250 g/mol. The van der Waals surface area contributed by atoms with E-state index in [1.165, 1.54) is 18.5 Å². The molecule has 1 atom stereocenters. The van der Waals surface area contributed by atoms with Crippen molar-refractivity contribution in [2.75, 3.05) is 0 Å². The highest BCUT2D eigenvalue weighted by molar-refractivity contribution is 6.24. The standard InChI is InChI=1S/C11H7N5O3/c17-11-8-10(12-5-13-11)15-9(14-8)6-1-3-7(4-2-6)16(18)19/h1-5,8H,(H,12,13,14,15,17). The van der Waals surface area contributed by atoms with Crippen LogP contribution >= 0.6 is 0 Å². The van der Waals surface area contributed by atoms with E-state index < -0.39 is 11.0 Å². The molecule has 94 valence electrons. The van der Waals surface area contributed by atoms with Crippen LogP contribution in [0.5, 0.6) is 0 Å². The first-order chi connectivity index (χ1) is 9.15. The maximum atomic E-state index is 11.5. The molecule has 0 saturated carbocycles. The third-order valence-electron chi connectivity index (χ3n) is 2.70. The highest BCUT2D eigenvalue weighted by atomic mass is 16.6. The molecule has 0 fully saturated rings. The second-order valence-electron chi connectivity index (χ2n) is 3.90. The lowest BCUT2D eigenvalue weighted by molar-refractivity contribution is -0.384. The Morgan fingerprint density at radius 1 is 1.26 bits per heavy atom. The van der Waals surface area contributed by atoms with Gasteiger partial charge in [0.2, 0.25) is 0 Å². The van der Waals surface area contributed by atoms with Crippen LogP contribution in [0.15, 0.2) is 39.2 Å². The minimum Gasteiger partial charge on any atom is -0.314 e. The second-order valence-corrected chi connectivity index (χ2v) is 3.90. The molecular formula is C11H7N5O3. The van der Waals surface area contributed by atoms with E-state index >= 15 is 0 Å². The zero-order chi connectivity index (χ0) is 13.4. The fourth-order valence-electron chi connectivity index (χ4n) is 1.77. The van der Waals surface area contributed by atoms with Crippen LogP contribution in [0.1, 0.15) is 5.56 Å². The lowest BCUT2D eigenvalue weighted by Crippen LogP contribution is -2.40. The summed E-state index contributed by atoms with van der Waals surface area (Å²) in [5, 5.41) is 13.0. The van der Waals surface area contributed by atoms with Gasteiger partial charge in [-0.15, -0.1) is 0 Å². The van der Waals surface area contributed by atoms with E-state index in [4.69, 9.17) is 0 Å². The Bertz CT molecular complexity index is 659. The van der Waals surface area contributed by atoms with Crippen molar-refractivity contribution in [3.8, 4) is 0 Å². The second kappa shape index (κ2) is 4.09. The number of rotatable bonds is 2. The summed E-state index contributed by atoms with van der Waals surface area (Å²) in [5.74, 6) is 0.395. The Labute approximate surface area is 106 Å². The van der Waals surface area contributed by atoms with Crippen LogP contribution in [0, 0.1) is 10.1 Å². The Kier molecular flexibility index (Phi) is 2.41. The van der Waals surface area contributed by atoms with Gasteiger partial charge in [0.05, 0.1) is 11.3 Å². The zero-order valence-electron chi connectivity index (χ0n) is 9.48. The maximum Gasteiger partial charge on any atom is 0.269 e. The van der Waals surface area contributed by atoms with Gasteiger partial charge in [-0.05, 0) is 12.1 Å². The molecule has 1 N–H and O–H groups in total. The fourth-order valence-corrected chi connectivity index (χ4v) is 1.77. The summed E-state index contributed by atoms with van der Waals surface area (Å²) in [6, 6.07) is 5.09. The van der Waals surface area contributed by atoms with E-state index in [1.54, 1.807) is 12.1 Å². The number of carbonyl (C=O) groups is 1. The number of amidine groups is 2. The number of aliphatic imine (C=N–C) groups is 3. The van der Waals surface area contributed by atoms with Crippen molar-refractivity contribution in [3.05, 3.63) is 39.9 Å². The molecule has 8 nitrogen and oxygen atoms in total. The van der Waals surface area contributed by atoms with Crippen LogP contribution in [-0.4, -0.2) is 34.9 Å². The van der Waals surface area contributed by atoms with Crippen molar-refractivity contribution < 1.29 is 9.72 Å². The highest BCUT2D eigenvalue weighted by Gasteiger charge is 2.31. The molecule has 1 aromatic rings. The molecule has 1 amide bonds. The first kappa shape index (κ1) is 11.2. The van der Waals surface area contributed by atoms with E-state index in [-0.39, 0.29) is 11.6 Å². The van der Waals surface area contributed by atoms with Gasteiger partial charge in [-0.1, -0.05) is 0 Å². The molecule has 1 aromatic carbocycles. The third-order valence-corrected chi connectivity index (χ3v) is 2.70. The minimum atomic E-state index is -0.727. The van der Waals surface area contributed by atoms with Crippen molar-refractivity contribution >= 4 is 29.6 Å². The Morgan fingerprint density at radius 3 is 2.63 bits per heavy atom. The topological polar surface area (TPSA) is 109 Å². The van der Waals surface area contributed by atoms with Crippen LogP contribution in [0.4, 0.5) is 5.69 Å². The fraction of sp³-hybridized carbons (Fsp3) is 0.0909. The number of nitro benzene ring substituents is 1. The average molecular weight is 257 g/mol. The summed E-state index contributed by atoms with van der Waals surface area (Å²) in [5.41, 5.74) is 0.596. The Hall–Kier alpha value is -2.90. The molecule has 3 rings (SSSR count). The number of non-ortho nitro benzene ring substituents is 1. The molecule has 0 spiro atoms. The largest absolute Gasteiger partial charge is 0.314 e. The molecule has 0 bridgehead atoms. The van der Waals surface area contributed by atoms with Crippen molar-refractivity contribution in [2.45, 2.75) is 6.04 Å². The summed E-state index contributed by atoms with van der Waals surface area (Å²) in [6.07, 6.45) is 1.27. The van der Waals surface area contributed by atoms with E-state index in [2.05, 4.69) is 20.3 Å². The van der Waals surface area contributed by atoms with Crippen molar-refractivity contribution in [2.24, 2.45) is 15.0 Å². The van der Waals surface area contributed by atoms with Gasteiger partial charge in [-0.2, -0.15) is 0 Å². The molecule has 19 heavy (non-hydrogen) atoms. The van der Waals surface area contributed by atoms with Crippen molar-refractivity contribution in [1.29, 1.82) is 0 Å². The van der Waals surface area contributed by atoms with Crippen LogP contribution in [-0.2, 0) is 4.79 Å². The van der Waals surface area contributed by atoms with Crippen molar-refractivity contribution in [3.63, 3.8) is 0 Å². The Balaban J connectivity index is 1.94. The number of hydrogen-bond acceptors (Lipinski definition) is 6. The number of benzene rings is 1. The van der Waals surface area contributed by atoms with E-state index in [9.17, 15) is 14.9 Å². The highest BCUT2D eigenvalue weighted by Crippen LogP contribution is 2.18. The molecule has 0 radical (unpaired) electrons. The third kappa shape index (κ3) is 1.88. The lowest BCUT2D eigenvalue weighted by atomic mass is 10.2. The lowest BCUT2D eigenvalue weighted by Gasteiger charge is -2.09. The van der Waals surface area contributed by atoms with Gasteiger partial charge < -0.3 is 5.32 Å². The monoisotopic (exact) mass is 257 g/mol. The molecule has 2 aliphatic heterocycles. The molecule has 0 aromatic heterocycles. The molecule has 0 saturated heterocycles. The molecule has 0 aliphatic carbocycles. The predicted octanol–water partition coefficient (Wildman–Crippen LogP) is 0.280. The number of nitrogens with zero attached hydrogens (tertiary/aromatic N) is 4. The van der Waals surface area contributed by atoms with Gasteiger partial charge >= 0.3 is 0 Å². The quantitative estimate of drug-likeness (QED) is 0.606. The summed E-state index contributed by atoms with van der Waals surface area (Å²) < 4.78 is 0. The molecule has 8 heteroatoms. The van der Waals surface area contributed by atoms with Crippen LogP contribution in [0.3, 0.4) is 0 Å². The average Bonchev–Trinajstić information content (AvgIpc) is 2.84. The summed E-state index contributed by atoms with van der Waals surface area (Å²) in [7, 11) is 0. The maximum absolute atomic E-state index is 11.5. The minimum absolute atomic E-state index is 0.0109. The van der Waals surface area contributed by atoms with Crippen molar-refractivity contribution in [1.82, 2.24) is 5.32 Å². The molecule has 1 unspecified atom stereocenters. The number of amides is 1. The van der Waals surface area contributed by atoms with E-state index in [0.717, 1.165) is 0 Å². The normalized spacial score (nSPS) is 20.4. The number of nitro groups is 1. The summed E-state index contributed by atoms with van der Waals surface area (Å²) >= 11 is 0. The van der Waals surface area contributed by atoms with Crippen LogP contribution in [0.2, 0.25) is 0 Å². The molecule has 2 heterocycles. The first-order valence-electron chi connectivity index (χ1n) is 5.39. The van der Waals surface area contributed by atoms with E-state index in [0.29, 0.717) is 17.2 Å². The zero-order valence-corrected chi connectivity index (χ0v) is 9.48. The van der Waals surface area contributed by atoms with Gasteiger partial charge in [-0.25, -0.2) is 15.0 Å². The van der Waals surface area contributed by atoms with Crippen LogP contribution in [0.25, 0.3) is 0 Å². The van der Waals surface area contributed by atoms with E-state index in [1.807, 2.05) is 0 Å². The van der Waals surface area contributed by atoms with Gasteiger partial charge in [0.1, 0.15) is 0 Å². The van der Waals surface area contributed by atoms with Gasteiger partial charge in [0.15, 0.2) is 17.7 Å².